The van der Waals surface area contributed by atoms with Crippen molar-refractivity contribution in [3.8, 4) is 5.69 Å². The van der Waals surface area contributed by atoms with Crippen molar-refractivity contribution in [3.05, 3.63) is 64.7 Å². The fraction of sp³-hybridized carbons (Fsp3) is 0.381. The highest BCUT2D eigenvalue weighted by molar-refractivity contribution is 5.79. The fourth-order valence-corrected chi connectivity index (χ4v) is 3.40. The van der Waals surface area contributed by atoms with Crippen LogP contribution in [0.1, 0.15) is 35.3 Å². The molecule has 3 aromatic rings. The molecule has 1 N–H and O–H groups in total. The molecule has 0 fully saturated rings. The molecule has 0 aliphatic heterocycles. The van der Waals surface area contributed by atoms with E-state index in [4.69, 9.17) is 0 Å². The lowest BCUT2D eigenvalue weighted by Gasteiger charge is -2.15. The summed E-state index contributed by atoms with van der Waals surface area (Å²) in [6, 6.07) is 12.0. The Labute approximate surface area is 160 Å². The Balaban J connectivity index is 1.67. The van der Waals surface area contributed by atoms with E-state index in [1.807, 2.05) is 80.4 Å². The predicted molar refractivity (Wildman–Crippen MR) is 106 cm³/mol. The van der Waals surface area contributed by atoms with Crippen molar-refractivity contribution < 1.29 is 4.79 Å². The first kappa shape index (κ1) is 18.9. The number of carbonyl (C=O) groups excluding carboxylic acids is 1. The molecule has 1 aromatic carbocycles. The van der Waals surface area contributed by atoms with Gasteiger partial charge >= 0.3 is 0 Å². The second-order valence-electron chi connectivity index (χ2n) is 7.15. The first-order valence-electron chi connectivity index (χ1n) is 9.26. The van der Waals surface area contributed by atoms with Crippen molar-refractivity contribution in [1.82, 2.24) is 24.9 Å². The van der Waals surface area contributed by atoms with Crippen LogP contribution in [0.15, 0.2) is 36.4 Å². The Bertz CT molecular complexity index is 939. The number of hydrogen-bond donors (Lipinski definition) is 1. The summed E-state index contributed by atoms with van der Waals surface area (Å²) < 4.78 is 3.83. The summed E-state index contributed by atoms with van der Waals surface area (Å²) in [6.45, 7) is 10.6. The maximum atomic E-state index is 12.6. The number of benzene rings is 1. The molecule has 1 amide bonds. The molecule has 1 atom stereocenters. The van der Waals surface area contributed by atoms with Gasteiger partial charge in [0.15, 0.2) is 0 Å². The van der Waals surface area contributed by atoms with Gasteiger partial charge in [0.05, 0.1) is 30.0 Å². The number of amides is 1. The van der Waals surface area contributed by atoms with Gasteiger partial charge in [0, 0.05) is 23.0 Å². The summed E-state index contributed by atoms with van der Waals surface area (Å²) in [5.41, 5.74) is 5.96. The number of nitrogens with zero attached hydrogens (tertiary/aromatic N) is 4. The second-order valence-corrected chi connectivity index (χ2v) is 7.15. The summed E-state index contributed by atoms with van der Waals surface area (Å²) in [5.74, 6) is 0.00263. The molecule has 0 aliphatic carbocycles. The largest absolute Gasteiger partial charge is 0.351 e. The number of aromatic nitrogens is 4. The van der Waals surface area contributed by atoms with Crippen LogP contribution in [0.2, 0.25) is 0 Å². The molecule has 3 rings (SSSR count). The van der Waals surface area contributed by atoms with Crippen molar-refractivity contribution in [2.75, 3.05) is 0 Å². The molecule has 0 unspecified atom stereocenters. The van der Waals surface area contributed by atoms with Crippen molar-refractivity contribution in [2.45, 2.75) is 53.6 Å². The molecule has 2 heterocycles. The minimum atomic E-state index is 0.000260. The van der Waals surface area contributed by atoms with Gasteiger partial charge in [0.25, 0.3) is 0 Å². The minimum Gasteiger partial charge on any atom is -0.351 e. The van der Waals surface area contributed by atoms with Crippen molar-refractivity contribution >= 4 is 5.91 Å². The Morgan fingerprint density at radius 1 is 1.11 bits per heavy atom. The first-order valence-corrected chi connectivity index (χ1v) is 9.26. The molecule has 0 spiro atoms. The van der Waals surface area contributed by atoms with Crippen LogP contribution in [-0.4, -0.2) is 31.5 Å². The Hall–Kier alpha value is -2.89. The normalized spacial score (nSPS) is 12.2. The summed E-state index contributed by atoms with van der Waals surface area (Å²) in [5, 5.41) is 12.2. The van der Waals surface area contributed by atoms with E-state index in [1.165, 1.54) is 0 Å². The first-order chi connectivity index (χ1) is 12.8. The standard InChI is InChI=1S/C21H27N5O/c1-14-11-16(3)25(23-14)13-15(2)22-21(27)12-20-17(4)24-26(18(20)5)19-9-7-6-8-10-19/h6-11,15H,12-13H2,1-5H3,(H,22,27)/t15-/m1/s1. The Morgan fingerprint density at radius 3 is 2.44 bits per heavy atom. The van der Waals surface area contributed by atoms with Gasteiger partial charge in [-0.2, -0.15) is 10.2 Å². The SMILES string of the molecule is Cc1cc(C)n(C[C@@H](C)NC(=O)Cc2c(C)nn(-c3ccccc3)c2C)n1. The number of para-hydroxylation sites is 1. The van der Waals surface area contributed by atoms with Crippen LogP contribution in [0.5, 0.6) is 0 Å². The maximum Gasteiger partial charge on any atom is 0.224 e. The zero-order chi connectivity index (χ0) is 19.6. The van der Waals surface area contributed by atoms with Gasteiger partial charge in [-0.3, -0.25) is 9.48 Å². The molecule has 2 aromatic heterocycles. The Morgan fingerprint density at radius 2 is 1.81 bits per heavy atom. The van der Waals surface area contributed by atoms with E-state index >= 15 is 0 Å². The Kier molecular flexibility index (Phi) is 5.44. The third kappa shape index (κ3) is 4.27. The monoisotopic (exact) mass is 365 g/mol. The van der Waals surface area contributed by atoms with E-state index in [1.54, 1.807) is 0 Å². The summed E-state index contributed by atoms with van der Waals surface area (Å²) in [6.07, 6.45) is 0.325. The van der Waals surface area contributed by atoms with Crippen LogP contribution >= 0.6 is 0 Å². The van der Waals surface area contributed by atoms with E-state index in [0.717, 1.165) is 34.0 Å². The summed E-state index contributed by atoms with van der Waals surface area (Å²) in [7, 11) is 0. The lowest BCUT2D eigenvalue weighted by atomic mass is 10.1. The van der Waals surface area contributed by atoms with Gasteiger partial charge in [0.1, 0.15) is 0 Å². The molecular weight excluding hydrogens is 338 g/mol. The van der Waals surface area contributed by atoms with Crippen LogP contribution in [0.25, 0.3) is 5.69 Å². The van der Waals surface area contributed by atoms with Crippen molar-refractivity contribution in [2.24, 2.45) is 0 Å². The van der Waals surface area contributed by atoms with E-state index in [2.05, 4.69) is 15.5 Å². The van der Waals surface area contributed by atoms with Gasteiger partial charge in [-0.25, -0.2) is 4.68 Å². The predicted octanol–water partition coefficient (Wildman–Crippen LogP) is 3.05. The third-order valence-corrected chi connectivity index (χ3v) is 4.74. The second kappa shape index (κ2) is 7.78. The maximum absolute atomic E-state index is 12.6. The van der Waals surface area contributed by atoms with E-state index in [0.29, 0.717) is 13.0 Å². The fourth-order valence-electron chi connectivity index (χ4n) is 3.40. The number of aryl methyl sites for hydroxylation is 3. The van der Waals surface area contributed by atoms with Crippen molar-refractivity contribution in [3.63, 3.8) is 0 Å². The lowest BCUT2D eigenvalue weighted by molar-refractivity contribution is -0.121. The van der Waals surface area contributed by atoms with Crippen LogP contribution in [-0.2, 0) is 17.8 Å². The highest BCUT2D eigenvalue weighted by Gasteiger charge is 2.17. The van der Waals surface area contributed by atoms with Gasteiger partial charge < -0.3 is 5.32 Å². The number of nitrogens with one attached hydrogen (secondary N) is 1. The van der Waals surface area contributed by atoms with Gasteiger partial charge in [-0.1, -0.05) is 18.2 Å². The highest BCUT2D eigenvalue weighted by Crippen LogP contribution is 2.18. The molecule has 0 radical (unpaired) electrons. The quantitative estimate of drug-likeness (QED) is 0.730. The van der Waals surface area contributed by atoms with Gasteiger partial charge in [-0.15, -0.1) is 0 Å². The average Bonchev–Trinajstić information content (AvgIpc) is 3.08. The zero-order valence-electron chi connectivity index (χ0n) is 16.7. The van der Waals surface area contributed by atoms with Crippen LogP contribution in [0.3, 0.4) is 0 Å². The van der Waals surface area contributed by atoms with Crippen molar-refractivity contribution in [1.29, 1.82) is 0 Å². The van der Waals surface area contributed by atoms with Gasteiger partial charge in [-0.05, 0) is 52.8 Å². The van der Waals surface area contributed by atoms with Crippen LogP contribution < -0.4 is 5.32 Å². The van der Waals surface area contributed by atoms with Crippen LogP contribution in [0, 0.1) is 27.7 Å². The lowest BCUT2D eigenvalue weighted by Crippen LogP contribution is -2.37. The highest BCUT2D eigenvalue weighted by atomic mass is 16.1. The molecule has 6 nitrogen and oxygen atoms in total. The van der Waals surface area contributed by atoms with E-state index in [9.17, 15) is 4.79 Å². The molecular formula is C21H27N5O. The molecule has 142 valence electrons. The zero-order valence-corrected chi connectivity index (χ0v) is 16.7. The third-order valence-electron chi connectivity index (χ3n) is 4.74. The molecule has 0 aliphatic rings. The smallest absolute Gasteiger partial charge is 0.224 e. The molecule has 0 bridgehead atoms. The topological polar surface area (TPSA) is 64.7 Å². The number of rotatable bonds is 6. The summed E-state index contributed by atoms with van der Waals surface area (Å²) >= 11 is 0. The average molecular weight is 365 g/mol. The van der Waals surface area contributed by atoms with E-state index < -0.39 is 0 Å². The van der Waals surface area contributed by atoms with Crippen LogP contribution in [0.4, 0.5) is 0 Å². The van der Waals surface area contributed by atoms with Gasteiger partial charge in [0.2, 0.25) is 5.91 Å². The molecule has 6 heteroatoms. The van der Waals surface area contributed by atoms with E-state index in [-0.39, 0.29) is 11.9 Å². The molecule has 0 saturated heterocycles. The minimum absolute atomic E-state index is 0.000260. The summed E-state index contributed by atoms with van der Waals surface area (Å²) in [4.78, 5) is 12.6. The molecule has 27 heavy (non-hydrogen) atoms. The molecule has 0 saturated carbocycles. The number of hydrogen-bond acceptors (Lipinski definition) is 3. The number of carbonyl (C=O) groups is 1.